The zero-order valence-corrected chi connectivity index (χ0v) is 18.3. The van der Waals surface area contributed by atoms with Crippen molar-refractivity contribution in [1.29, 1.82) is 0 Å². The molecule has 0 bridgehead atoms. The lowest BCUT2D eigenvalue weighted by Gasteiger charge is -2.18. The topological polar surface area (TPSA) is 54.5 Å². The van der Waals surface area contributed by atoms with Crippen LogP contribution in [-0.4, -0.2) is 36.0 Å². The van der Waals surface area contributed by atoms with Crippen molar-refractivity contribution in [3.63, 3.8) is 0 Å². The Morgan fingerprint density at radius 2 is 1.84 bits per heavy atom. The van der Waals surface area contributed by atoms with E-state index in [0.717, 1.165) is 18.8 Å². The molecule has 5 nitrogen and oxygen atoms in total. The van der Waals surface area contributed by atoms with Gasteiger partial charge in [-0.3, -0.25) is 14.7 Å². The normalized spacial score (nSPS) is 11.0. The van der Waals surface area contributed by atoms with Crippen LogP contribution in [0.15, 0.2) is 78.4 Å². The number of nitrogens with one attached hydrogen (secondary N) is 1. The average molecular weight is 432 g/mol. The van der Waals surface area contributed by atoms with E-state index in [9.17, 15) is 4.79 Å². The summed E-state index contributed by atoms with van der Waals surface area (Å²) in [4.78, 5) is 18.7. The molecule has 1 heterocycles. The summed E-state index contributed by atoms with van der Waals surface area (Å²) in [6.45, 7) is 2.62. The lowest BCUT2D eigenvalue weighted by atomic mass is 10.0. The van der Waals surface area contributed by atoms with E-state index in [4.69, 9.17) is 4.74 Å². The van der Waals surface area contributed by atoms with Crippen LogP contribution in [0.3, 0.4) is 0 Å². The van der Waals surface area contributed by atoms with Crippen molar-refractivity contribution in [1.82, 2.24) is 15.2 Å². The second kappa shape index (κ2) is 10.2. The molecular weight excluding hydrogens is 406 g/mol. The largest absolute Gasteiger partial charge is 0.492 e. The predicted octanol–water partition coefficient (Wildman–Crippen LogP) is 4.74. The fourth-order valence-electron chi connectivity index (χ4n) is 3.53. The molecule has 0 saturated heterocycles. The van der Waals surface area contributed by atoms with Gasteiger partial charge in [-0.15, -0.1) is 11.3 Å². The molecule has 4 aromatic rings. The van der Waals surface area contributed by atoms with Gasteiger partial charge in [0.15, 0.2) is 0 Å². The van der Waals surface area contributed by atoms with E-state index in [0.29, 0.717) is 18.0 Å². The van der Waals surface area contributed by atoms with E-state index in [1.807, 2.05) is 12.1 Å². The van der Waals surface area contributed by atoms with Crippen molar-refractivity contribution in [3.05, 3.63) is 94.4 Å². The minimum atomic E-state index is -0.115. The number of thiazole rings is 1. The summed E-state index contributed by atoms with van der Waals surface area (Å²) >= 11 is 1.32. The molecule has 0 spiro atoms. The second-order valence-corrected chi connectivity index (χ2v) is 8.31. The summed E-state index contributed by atoms with van der Waals surface area (Å²) in [5, 5.41) is 5.41. The molecule has 4 rings (SSSR count). The number of benzene rings is 3. The molecule has 1 aromatic heterocycles. The summed E-state index contributed by atoms with van der Waals surface area (Å²) in [6.07, 6.45) is 1.57. The molecular formula is C25H25N3O2S. The number of hydrogen-bond donors (Lipinski definition) is 1. The van der Waals surface area contributed by atoms with Crippen molar-refractivity contribution in [3.8, 4) is 5.75 Å². The lowest BCUT2D eigenvalue weighted by Crippen LogP contribution is -2.27. The molecule has 0 saturated carbocycles. The first-order chi connectivity index (χ1) is 15.2. The molecule has 6 heteroatoms. The van der Waals surface area contributed by atoms with Crippen molar-refractivity contribution in [2.75, 3.05) is 20.2 Å². The Balaban J connectivity index is 1.25. The first-order valence-corrected chi connectivity index (χ1v) is 11.1. The summed E-state index contributed by atoms with van der Waals surface area (Å²) in [5.74, 6) is 0.683. The van der Waals surface area contributed by atoms with Gasteiger partial charge in [-0.1, -0.05) is 54.6 Å². The number of ether oxygens (including phenoxy) is 1. The number of rotatable bonds is 9. The van der Waals surface area contributed by atoms with Crippen molar-refractivity contribution < 1.29 is 9.53 Å². The van der Waals surface area contributed by atoms with Crippen molar-refractivity contribution in [2.24, 2.45) is 0 Å². The molecule has 158 valence electrons. The van der Waals surface area contributed by atoms with E-state index in [1.165, 1.54) is 33.2 Å². The van der Waals surface area contributed by atoms with E-state index in [-0.39, 0.29) is 5.91 Å². The molecule has 1 N–H and O–H groups in total. The molecule has 0 radical (unpaired) electrons. The molecule has 1 amide bonds. The lowest BCUT2D eigenvalue weighted by molar-refractivity contribution is 0.0951. The highest BCUT2D eigenvalue weighted by molar-refractivity contribution is 7.11. The Morgan fingerprint density at radius 1 is 1.03 bits per heavy atom. The number of amides is 1. The maximum absolute atomic E-state index is 11.9. The quantitative estimate of drug-likeness (QED) is 0.389. The Labute approximate surface area is 186 Å². The zero-order valence-electron chi connectivity index (χ0n) is 17.5. The van der Waals surface area contributed by atoms with E-state index < -0.39 is 0 Å². The van der Waals surface area contributed by atoms with Crippen LogP contribution in [0.5, 0.6) is 5.75 Å². The Kier molecular flexibility index (Phi) is 6.92. The SMILES string of the molecule is CN(Cc1ccc(OCCNC(=O)c2cncs2)cc1)Cc1cccc2ccccc12. The molecule has 0 atom stereocenters. The first-order valence-electron chi connectivity index (χ1n) is 10.2. The minimum Gasteiger partial charge on any atom is -0.492 e. The smallest absolute Gasteiger partial charge is 0.263 e. The third-order valence-corrected chi connectivity index (χ3v) is 5.78. The number of nitrogens with zero attached hydrogens (tertiary/aromatic N) is 2. The number of fused-ring (bicyclic) bond motifs is 1. The first kappa shape index (κ1) is 21.0. The number of aromatic nitrogens is 1. The highest BCUT2D eigenvalue weighted by Crippen LogP contribution is 2.21. The number of carbonyl (C=O) groups excluding carboxylic acids is 1. The fraction of sp³-hybridized carbons (Fsp3) is 0.200. The van der Waals surface area contributed by atoms with Gasteiger partial charge in [0.25, 0.3) is 5.91 Å². The number of hydrogen-bond acceptors (Lipinski definition) is 5. The molecule has 3 aromatic carbocycles. The summed E-state index contributed by atoms with van der Waals surface area (Å²) in [5.41, 5.74) is 4.21. The van der Waals surface area contributed by atoms with Crippen LogP contribution in [-0.2, 0) is 13.1 Å². The molecule has 0 aliphatic heterocycles. The van der Waals surface area contributed by atoms with Gasteiger partial charge in [-0.25, -0.2) is 0 Å². The van der Waals surface area contributed by atoms with Crippen LogP contribution >= 0.6 is 11.3 Å². The van der Waals surface area contributed by atoms with Crippen LogP contribution < -0.4 is 10.1 Å². The Bertz CT molecular complexity index is 1120. The average Bonchev–Trinajstić information content (AvgIpc) is 3.33. The van der Waals surface area contributed by atoms with Gasteiger partial charge in [0.1, 0.15) is 17.2 Å². The van der Waals surface area contributed by atoms with Crippen molar-refractivity contribution >= 4 is 28.0 Å². The minimum absolute atomic E-state index is 0.115. The molecule has 0 fully saturated rings. The van der Waals surface area contributed by atoms with Crippen molar-refractivity contribution in [2.45, 2.75) is 13.1 Å². The molecule has 0 aliphatic carbocycles. The van der Waals surface area contributed by atoms with Crippen LogP contribution in [0.1, 0.15) is 20.8 Å². The van der Waals surface area contributed by atoms with E-state index >= 15 is 0 Å². The molecule has 31 heavy (non-hydrogen) atoms. The number of carbonyl (C=O) groups is 1. The van der Waals surface area contributed by atoms with Crippen LogP contribution in [0, 0.1) is 0 Å². The van der Waals surface area contributed by atoms with Crippen LogP contribution in [0.4, 0.5) is 0 Å². The summed E-state index contributed by atoms with van der Waals surface area (Å²) in [7, 11) is 2.14. The van der Waals surface area contributed by atoms with Crippen LogP contribution in [0.2, 0.25) is 0 Å². The Hall–Kier alpha value is -3.22. The van der Waals surface area contributed by atoms with Gasteiger partial charge in [-0.05, 0) is 41.1 Å². The monoisotopic (exact) mass is 431 g/mol. The van der Waals surface area contributed by atoms with Gasteiger partial charge in [0, 0.05) is 13.1 Å². The third kappa shape index (κ3) is 5.69. The molecule has 0 aliphatic rings. The third-order valence-electron chi connectivity index (χ3n) is 5.01. The standard InChI is InChI=1S/C25H25N3O2S/c1-28(17-21-7-4-6-20-5-2-3-8-23(20)21)16-19-9-11-22(12-10-19)30-14-13-27-25(29)24-15-26-18-31-24/h2-12,15,18H,13-14,16-17H2,1H3,(H,27,29). The predicted molar refractivity (Wildman–Crippen MR) is 126 cm³/mol. The van der Waals surface area contributed by atoms with Crippen LogP contribution in [0.25, 0.3) is 10.8 Å². The summed E-state index contributed by atoms with van der Waals surface area (Å²) in [6, 6.07) is 23.1. The maximum atomic E-state index is 11.9. The maximum Gasteiger partial charge on any atom is 0.263 e. The zero-order chi connectivity index (χ0) is 21.5. The highest BCUT2D eigenvalue weighted by atomic mass is 32.1. The van der Waals surface area contributed by atoms with Gasteiger partial charge < -0.3 is 10.1 Å². The fourth-order valence-corrected chi connectivity index (χ4v) is 4.06. The van der Waals surface area contributed by atoms with E-state index in [2.05, 4.69) is 76.8 Å². The van der Waals surface area contributed by atoms with Gasteiger partial charge in [0.05, 0.1) is 18.3 Å². The van der Waals surface area contributed by atoms with Gasteiger partial charge in [-0.2, -0.15) is 0 Å². The second-order valence-electron chi connectivity index (χ2n) is 7.42. The summed E-state index contributed by atoms with van der Waals surface area (Å²) < 4.78 is 5.74. The highest BCUT2D eigenvalue weighted by Gasteiger charge is 2.07. The van der Waals surface area contributed by atoms with Gasteiger partial charge >= 0.3 is 0 Å². The van der Waals surface area contributed by atoms with E-state index in [1.54, 1.807) is 11.7 Å². The van der Waals surface area contributed by atoms with Gasteiger partial charge in [0.2, 0.25) is 0 Å². The molecule has 0 unspecified atom stereocenters. The Morgan fingerprint density at radius 3 is 2.65 bits per heavy atom.